The van der Waals surface area contributed by atoms with Gasteiger partial charge in [-0.15, -0.1) is 0 Å². The molecule has 0 aliphatic carbocycles. The topological polar surface area (TPSA) is 172 Å². The Kier molecular flexibility index (Phi) is 43.2. The van der Waals surface area contributed by atoms with Gasteiger partial charge in [-0.05, 0) is 51.4 Å². The molecule has 0 saturated carbocycles. The highest BCUT2D eigenvalue weighted by Gasteiger charge is 2.28. The second kappa shape index (κ2) is 45.0. The number of carbonyl (C=O) groups excluding carboxylic acids is 2. The molecule has 0 aliphatic heterocycles. The maximum atomic E-state index is 12.7. The average Bonchev–Trinajstić information content (AvgIpc) is 3.25. The minimum Gasteiger partial charge on any atom is -0.480 e. The second-order valence-electron chi connectivity index (χ2n) is 16.6. The first kappa shape index (κ1) is 59.4. The number of carboxylic acids is 1. The van der Waals surface area contributed by atoms with Gasteiger partial charge in [-0.25, -0.2) is 4.57 Å². The van der Waals surface area contributed by atoms with Crippen LogP contribution in [0.2, 0.25) is 0 Å². The van der Waals surface area contributed by atoms with E-state index in [-0.39, 0.29) is 19.4 Å². The van der Waals surface area contributed by atoms with E-state index >= 15 is 0 Å². The van der Waals surface area contributed by atoms with Crippen molar-refractivity contribution in [1.82, 2.24) is 0 Å². The van der Waals surface area contributed by atoms with Crippen LogP contribution in [0.15, 0.2) is 48.6 Å². The van der Waals surface area contributed by atoms with Crippen molar-refractivity contribution in [2.45, 2.75) is 231 Å². The lowest BCUT2D eigenvalue weighted by atomic mass is 10.0. The van der Waals surface area contributed by atoms with E-state index < -0.39 is 51.1 Å². The van der Waals surface area contributed by atoms with E-state index in [0.29, 0.717) is 19.3 Å². The standard InChI is InChI=1S/C50H90NO10P/c1-3-5-7-9-11-13-15-17-19-21-22-23-24-26-28-30-32-34-36-38-40-42-49(53)61-46(44-59-62(56,57)60-45-47(51)50(54)55)43-58-48(52)41-39-37-35-33-31-29-27-25-20-18-16-14-12-10-8-6-4-2/h12,14,18,20,27,29,33,35,46-47H,3-11,13,15-17,19,21-26,28,30-32,34,36-45,51H2,1-2H3,(H,54,55)(H,56,57)/b14-12+,20-18+,29-27+,35-33+/t46-,47+/m1/s1. The molecule has 0 bridgehead atoms. The number of carbonyl (C=O) groups is 3. The quantitative estimate of drug-likeness (QED) is 0.0230. The van der Waals surface area contributed by atoms with Crippen molar-refractivity contribution in [2.24, 2.45) is 5.73 Å². The molecule has 0 aliphatic rings. The number of allylic oxidation sites excluding steroid dienone is 8. The van der Waals surface area contributed by atoms with Crippen LogP contribution in [0.5, 0.6) is 0 Å². The zero-order valence-corrected chi connectivity index (χ0v) is 40.1. The predicted octanol–water partition coefficient (Wildman–Crippen LogP) is 13.7. The van der Waals surface area contributed by atoms with Gasteiger partial charge in [0.15, 0.2) is 6.10 Å². The minimum atomic E-state index is -4.73. The van der Waals surface area contributed by atoms with Crippen molar-refractivity contribution in [3.05, 3.63) is 48.6 Å². The fourth-order valence-electron chi connectivity index (χ4n) is 6.71. The van der Waals surface area contributed by atoms with Crippen molar-refractivity contribution < 1.29 is 47.5 Å². The summed E-state index contributed by atoms with van der Waals surface area (Å²) < 4.78 is 32.7. The number of carboxylic acid groups (broad SMARTS) is 1. The van der Waals surface area contributed by atoms with Crippen molar-refractivity contribution in [3.8, 4) is 0 Å². The summed E-state index contributed by atoms with van der Waals surface area (Å²) in [4.78, 5) is 46.1. The summed E-state index contributed by atoms with van der Waals surface area (Å²) in [7, 11) is -4.73. The van der Waals surface area contributed by atoms with Gasteiger partial charge in [0.25, 0.3) is 0 Å². The van der Waals surface area contributed by atoms with E-state index in [4.69, 9.17) is 24.8 Å². The maximum Gasteiger partial charge on any atom is 0.472 e. The molecule has 12 heteroatoms. The molecule has 0 fully saturated rings. The molecule has 0 aromatic rings. The number of unbranched alkanes of at least 4 members (excludes halogenated alkanes) is 24. The number of hydrogen-bond donors (Lipinski definition) is 3. The summed E-state index contributed by atoms with van der Waals surface area (Å²) in [5.74, 6) is -2.44. The van der Waals surface area contributed by atoms with Crippen LogP contribution in [-0.2, 0) is 37.5 Å². The molecule has 62 heavy (non-hydrogen) atoms. The number of phosphoric acid groups is 1. The smallest absolute Gasteiger partial charge is 0.472 e. The molecule has 360 valence electrons. The van der Waals surface area contributed by atoms with Crippen molar-refractivity contribution in [1.29, 1.82) is 0 Å². The summed E-state index contributed by atoms with van der Waals surface area (Å²) in [6.45, 7) is 2.75. The van der Waals surface area contributed by atoms with Crippen LogP contribution in [0.1, 0.15) is 219 Å². The van der Waals surface area contributed by atoms with Gasteiger partial charge in [0.1, 0.15) is 12.6 Å². The number of phosphoric ester groups is 1. The Morgan fingerprint density at radius 1 is 0.500 bits per heavy atom. The van der Waals surface area contributed by atoms with E-state index in [1.54, 1.807) is 0 Å². The Balaban J connectivity index is 4.32. The summed E-state index contributed by atoms with van der Waals surface area (Å²) in [5, 5.41) is 8.91. The van der Waals surface area contributed by atoms with Crippen LogP contribution < -0.4 is 5.73 Å². The SMILES string of the molecule is CCCCC/C=C/C/C=C/C/C=C/C/C=C/CCCC(=O)OC[C@H](COP(=O)(O)OC[C@H](N)C(=O)O)OC(=O)CCCCCCCCCCCCCCCCCCCCCCC. The molecule has 0 radical (unpaired) electrons. The van der Waals surface area contributed by atoms with Crippen LogP contribution >= 0.6 is 7.82 Å². The van der Waals surface area contributed by atoms with Crippen LogP contribution in [0.25, 0.3) is 0 Å². The largest absolute Gasteiger partial charge is 0.480 e. The van der Waals surface area contributed by atoms with Gasteiger partial charge in [-0.1, -0.05) is 204 Å². The molecule has 0 rings (SSSR count). The molecule has 3 atom stereocenters. The zero-order chi connectivity index (χ0) is 45.6. The van der Waals surface area contributed by atoms with E-state index in [1.165, 1.54) is 128 Å². The third-order valence-electron chi connectivity index (χ3n) is 10.6. The molecule has 4 N–H and O–H groups in total. The summed E-state index contributed by atoms with van der Waals surface area (Å²) in [6.07, 6.45) is 51.8. The number of aliphatic carboxylic acids is 1. The summed E-state index contributed by atoms with van der Waals surface area (Å²) >= 11 is 0. The zero-order valence-electron chi connectivity index (χ0n) is 39.2. The highest BCUT2D eigenvalue weighted by molar-refractivity contribution is 7.47. The van der Waals surface area contributed by atoms with Crippen molar-refractivity contribution in [3.63, 3.8) is 0 Å². The first-order valence-corrected chi connectivity index (χ1v) is 26.2. The molecular formula is C50H90NO10P. The maximum absolute atomic E-state index is 12.7. The van der Waals surface area contributed by atoms with Gasteiger partial charge in [-0.3, -0.25) is 23.4 Å². The molecule has 0 amide bonds. The summed E-state index contributed by atoms with van der Waals surface area (Å²) in [6, 6.07) is -1.53. The lowest BCUT2D eigenvalue weighted by Crippen LogP contribution is -2.34. The van der Waals surface area contributed by atoms with Gasteiger partial charge in [0.05, 0.1) is 13.2 Å². The van der Waals surface area contributed by atoms with Crippen LogP contribution in [0, 0.1) is 0 Å². The Morgan fingerprint density at radius 2 is 0.871 bits per heavy atom. The van der Waals surface area contributed by atoms with Crippen molar-refractivity contribution in [2.75, 3.05) is 19.8 Å². The molecule has 11 nitrogen and oxygen atoms in total. The Hall–Kier alpha value is -2.56. The molecular weight excluding hydrogens is 806 g/mol. The highest BCUT2D eigenvalue weighted by Crippen LogP contribution is 2.43. The third-order valence-corrected chi connectivity index (χ3v) is 11.5. The Bertz CT molecular complexity index is 1240. The van der Waals surface area contributed by atoms with Gasteiger partial charge >= 0.3 is 25.7 Å². The number of hydrogen-bond acceptors (Lipinski definition) is 9. The lowest BCUT2D eigenvalue weighted by molar-refractivity contribution is -0.161. The van der Waals surface area contributed by atoms with E-state index in [0.717, 1.165) is 44.9 Å². The van der Waals surface area contributed by atoms with E-state index in [1.807, 2.05) is 6.08 Å². The normalized spacial score (nSPS) is 14.0. The van der Waals surface area contributed by atoms with Crippen LogP contribution in [-0.4, -0.2) is 59.9 Å². The van der Waals surface area contributed by atoms with Gasteiger partial charge in [-0.2, -0.15) is 0 Å². The summed E-state index contributed by atoms with van der Waals surface area (Å²) in [5.41, 5.74) is 5.34. The van der Waals surface area contributed by atoms with Gasteiger partial charge in [0.2, 0.25) is 0 Å². The number of rotatable bonds is 46. The number of ether oxygens (including phenoxy) is 2. The minimum absolute atomic E-state index is 0.146. The number of esters is 2. The molecule has 1 unspecified atom stereocenters. The molecule has 0 aromatic heterocycles. The fraction of sp³-hybridized carbons (Fsp3) is 0.780. The van der Waals surface area contributed by atoms with Crippen molar-refractivity contribution >= 4 is 25.7 Å². The molecule has 0 saturated heterocycles. The lowest BCUT2D eigenvalue weighted by Gasteiger charge is -2.20. The van der Waals surface area contributed by atoms with Crippen LogP contribution in [0.4, 0.5) is 0 Å². The fourth-order valence-corrected chi connectivity index (χ4v) is 7.48. The first-order valence-electron chi connectivity index (χ1n) is 24.7. The first-order chi connectivity index (χ1) is 30.1. The van der Waals surface area contributed by atoms with E-state index in [9.17, 15) is 23.8 Å². The highest BCUT2D eigenvalue weighted by atomic mass is 31.2. The van der Waals surface area contributed by atoms with Gasteiger partial charge < -0.3 is 25.2 Å². The Labute approximate surface area is 377 Å². The van der Waals surface area contributed by atoms with Gasteiger partial charge in [0, 0.05) is 12.8 Å². The second-order valence-corrected chi connectivity index (χ2v) is 18.1. The third kappa shape index (κ3) is 44.1. The average molecular weight is 896 g/mol. The number of nitrogens with two attached hydrogens (primary N) is 1. The molecule has 0 spiro atoms. The Morgan fingerprint density at radius 3 is 1.32 bits per heavy atom. The monoisotopic (exact) mass is 896 g/mol. The molecule has 0 heterocycles. The molecule has 0 aromatic carbocycles. The predicted molar refractivity (Wildman–Crippen MR) is 254 cm³/mol. The van der Waals surface area contributed by atoms with E-state index in [2.05, 4.69) is 60.9 Å². The van der Waals surface area contributed by atoms with Crippen LogP contribution in [0.3, 0.4) is 0 Å².